The zero-order chi connectivity index (χ0) is 21.9. The molecule has 8 nitrogen and oxygen atoms in total. The van der Waals surface area contributed by atoms with Crippen molar-refractivity contribution in [1.29, 1.82) is 0 Å². The fourth-order valence-electron chi connectivity index (χ4n) is 3.71. The van der Waals surface area contributed by atoms with Gasteiger partial charge < -0.3 is 16.5 Å². The molecular formula is C23H31N7O. The lowest BCUT2D eigenvalue weighted by molar-refractivity contribution is 0.239. The van der Waals surface area contributed by atoms with Crippen LogP contribution in [-0.4, -0.2) is 54.0 Å². The Morgan fingerprint density at radius 3 is 2.81 bits per heavy atom. The van der Waals surface area contributed by atoms with Crippen LogP contribution in [0.1, 0.15) is 36.9 Å². The molecule has 1 aromatic carbocycles. The molecule has 0 radical (unpaired) electrons. The van der Waals surface area contributed by atoms with Gasteiger partial charge in [0.05, 0.1) is 18.0 Å². The number of piperidine rings is 1. The maximum Gasteiger partial charge on any atom is 0.319 e. The molecule has 0 atom stereocenters. The molecule has 8 heteroatoms. The average Bonchev–Trinajstić information content (AvgIpc) is 2.80. The van der Waals surface area contributed by atoms with Gasteiger partial charge in [-0.15, -0.1) is 0 Å². The fraction of sp³-hybridized carbons (Fsp3) is 0.391. The van der Waals surface area contributed by atoms with Crippen LogP contribution in [0.25, 0.3) is 0 Å². The Labute approximate surface area is 183 Å². The van der Waals surface area contributed by atoms with Crippen molar-refractivity contribution in [3.8, 4) is 0 Å². The summed E-state index contributed by atoms with van der Waals surface area (Å²) < 4.78 is 0. The number of benzene rings is 1. The SMILES string of the molecule is CCNC(=O)Nc1cccc(C2CCN(CC(C=NCc3ccccn3)=NN)CC2)c1. The van der Waals surface area contributed by atoms with Crippen LogP contribution in [0.2, 0.25) is 0 Å². The number of likely N-dealkylation sites (tertiary alicyclic amines) is 1. The number of nitrogens with two attached hydrogens (primary N) is 1. The molecule has 0 aliphatic carbocycles. The second-order valence-electron chi connectivity index (χ2n) is 7.57. The van der Waals surface area contributed by atoms with Gasteiger partial charge in [0.1, 0.15) is 0 Å². The third-order valence-corrected chi connectivity index (χ3v) is 5.31. The van der Waals surface area contributed by atoms with E-state index < -0.39 is 0 Å². The number of hydrogen-bond acceptors (Lipinski definition) is 6. The largest absolute Gasteiger partial charge is 0.338 e. The Morgan fingerprint density at radius 2 is 2.10 bits per heavy atom. The second-order valence-corrected chi connectivity index (χ2v) is 7.57. The second kappa shape index (κ2) is 11.8. The van der Waals surface area contributed by atoms with Crippen molar-refractivity contribution in [2.24, 2.45) is 15.9 Å². The molecule has 1 saturated heterocycles. The lowest BCUT2D eigenvalue weighted by Gasteiger charge is -2.32. The van der Waals surface area contributed by atoms with E-state index in [1.807, 2.05) is 37.3 Å². The quantitative estimate of drug-likeness (QED) is 0.346. The normalized spacial score (nSPS) is 15.8. The van der Waals surface area contributed by atoms with Crippen molar-refractivity contribution in [2.45, 2.75) is 32.2 Å². The summed E-state index contributed by atoms with van der Waals surface area (Å²) in [5.74, 6) is 6.06. The van der Waals surface area contributed by atoms with Crippen LogP contribution in [0.4, 0.5) is 10.5 Å². The summed E-state index contributed by atoms with van der Waals surface area (Å²) in [6.07, 6.45) is 5.61. The average molecular weight is 422 g/mol. The number of anilines is 1. The molecule has 0 unspecified atom stereocenters. The topological polar surface area (TPSA) is 108 Å². The van der Waals surface area contributed by atoms with Gasteiger partial charge in [0.25, 0.3) is 0 Å². The Hall–Kier alpha value is -3.26. The first kappa shape index (κ1) is 22.4. The Morgan fingerprint density at radius 1 is 1.26 bits per heavy atom. The molecule has 2 amide bonds. The minimum atomic E-state index is -0.173. The molecule has 1 aliphatic rings. The number of hydrogen-bond donors (Lipinski definition) is 3. The number of nitrogens with zero attached hydrogens (tertiary/aromatic N) is 4. The smallest absolute Gasteiger partial charge is 0.319 e. The minimum absolute atomic E-state index is 0.173. The number of nitrogens with one attached hydrogen (secondary N) is 2. The van der Waals surface area contributed by atoms with Gasteiger partial charge in [-0.3, -0.25) is 14.9 Å². The van der Waals surface area contributed by atoms with E-state index in [0.29, 0.717) is 25.6 Å². The number of amides is 2. The maximum atomic E-state index is 11.8. The van der Waals surface area contributed by atoms with Gasteiger partial charge in [-0.2, -0.15) is 5.10 Å². The molecule has 1 aromatic heterocycles. The lowest BCUT2D eigenvalue weighted by Crippen LogP contribution is -2.37. The highest BCUT2D eigenvalue weighted by Gasteiger charge is 2.21. The molecule has 31 heavy (non-hydrogen) atoms. The number of urea groups is 1. The fourth-order valence-corrected chi connectivity index (χ4v) is 3.71. The standard InChI is InChI=1S/C23H31N7O/c1-2-26-23(31)28-20-8-5-6-19(14-20)18-9-12-30(13-10-18)17-22(29-24)16-25-15-21-7-3-4-11-27-21/h3-8,11,14,16,18H,2,9-10,12-13,15,17,24H2,1H3,(H2,26,28,31). The van der Waals surface area contributed by atoms with Crippen LogP contribution in [0.15, 0.2) is 58.8 Å². The van der Waals surface area contributed by atoms with E-state index >= 15 is 0 Å². The van der Waals surface area contributed by atoms with E-state index in [1.165, 1.54) is 5.56 Å². The van der Waals surface area contributed by atoms with Gasteiger partial charge in [-0.1, -0.05) is 18.2 Å². The molecule has 164 valence electrons. The first-order valence-electron chi connectivity index (χ1n) is 10.7. The third kappa shape index (κ3) is 7.18. The van der Waals surface area contributed by atoms with Gasteiger partial charge in [-0.25, -0.2) is 4.79 Å². The molecule has 0 spiro atoms. The molecule has 0 saturated carbocycles. The summed E-state index contributed by atoms with van der Waals surface area (Å²) in [4.78, 5) is 22.8. The predicted molar refractivity (Wildman–Crippen MR) is 126 cm³/mol. The first-order chi connectivity index (χ1) is 15.2. The Kier molecular flexibility index (Phi) is 8.54. The molecule has 2 heterocycles. The number of rotatable bonds is 8. The zero-order valence-corrected chi connectivity index (χ0v) is 18.0. The molecular weight excluding hydrogens is 390 g/mol. The number of aliphatic imine (C=N–C) groups is 1. The molecule has 0 bridgehead atoms. The van der Waals surface area contributed by atoms with E-state index in [4.69, 9.17) is 5.84 Å². The molecule has 2 aromatic rings. The van der Waals surface area contributed by atoms with Crippen molar-refractivity contribution in [3.63, 3.8) is 0 Å². The number of aromatic nitrogens is 1. The zero-order valence-electron chi connectivity index (χ0n) is 18.0. The summed E-state index contributed by atoms with van der Waals surface area (Å²) in [5, 5.41) is 9.54. The summed E-state index contributed by atoms with van der Waals surface area (Å²) in [7, 11) is 0. The highest BCUT2D eigenvalue weighted by Crippen LogP contribution is 2.29. The van der Waals surface area contributed by atoms with Gasteiger partial charge >= 0.3 is 6.03 Å². The van der Waals surface area contributed by atoms with Crippen molar-refractivity contribution in [3.05, 3.63) is 59.9 Å². The van der Waals surface area contributed by atoms with Gasteiger partial charge in [0, 0.05) is 31.2 Å². The first-order valence-corrected chi connectivity index (χ1v) is 10.7. The summed E-state index contributed by atoms with van der Waals surface area (Å²) in [6.45, 7) is 5.64. The minimum Gasteiger partial charge on any atom is -0.338 e. The van der Waals surface area contributed by atoms with Crippen molar-refractivity contribution in [1.82, 2.24) is 15.2 Å². The van der Waals surface area contributed by atoms with Crippen LogP contribution in [0, 0.1) is 0 Å². The van der Waals surface area contributed by atoms with Gasteiger partial charge in [0.2, 0.25) is 0 Å². The van der Waals surface area contributed by atoms with E-state index in [9.17, 15) is 4.79 Å². The summed E-state index contributed by atoms with van der Waals surface area (Å²) in [6, 6.07) is 13.7. The third-order valence-electron chi connectivity index (χ3n) is 5.31. The van der Waals surface area contributed by atoms with Gasteiger partial charge in [-0.05, 0) is 68.6 Å². The molecule has 1 aliphatic heterocycles. The Balaban J connectivity index is 1.48. The monoisotopic (exact) mass is 421 g/mol. The van der Waals surface area contributed by atoms with E-state index in [2.05, 4.69) is 42.7 Å². The van der Waals surface area contributed by atoms with Crippen molar-refractivity contribution >= 4 is 23.6 Å². The molecule has 1 fully saturated rings. The molecule has 3 rings (SSSR count). The van der Waals surface area contributed by atoms with Crippen molar-refractivity contribution in [2.75, 3.05) is 31.5 Å². The highest BCUT2D eigenvalue weighted by molar-refractivity contribution is 6.31. The van der Waals surface area contributed by atoms with Crippen LogP contribution >= 0.6 is 0 Å². The van der Waals surface area contributed by atoms with E-state index in [1.54, 1.807) is 12.4 Å². The van der Waals surface area contributed by atoms with E-state index in [0.717, 1.165) is 43.0 Å². The summed E-state index contributed by atoms with van der Waals surface area (Å²) in [5.41, 5.74) is 3.77. The van der Waals surface area contributed by atoms with Crippen LogP contribution in [0.5, 0.6) is 0 Å². The van der Waals surface area contributed by atoms with E-state index in [-0.39, 0.29) is 6.03 Å². The number of carbonyl (C=O) groups is 1. The number of pyridine rings is 1. The van der Waals surface area contributed by atoms with Crippen LogP contribution in [-0.2, 0) is 6.54 Å². The number of hydrazone groups is 1. The van der Waals surface area contributed by atoms with Crippen LogP contribution in [0.3, 0.4) is 0 Å². The maximum absolute atomic E-state index is 11.8. The highest BCUT2D eigenvalue weighted by atomic mass is 16.2. The molecule has 4 N–H and O–H groups in total. The number of carbonyl (C=O) groups excluding carboxylic acids is 1. The lowest BCUT2D eigenvalue weighted by atomic mass is 9.89. The Bertz CT molecular complexity index is 890. The van der Waals surface area contributed by atoms with Gasteiger partial charge in [0.15, 0.2) is 0 Å². The van der Waals surface area contributed by atoms with Crippen molar-refractivity contribution < 1.29 is 4.79 Å². The van der Waals surface area contributed by atoms with Crippen LogP contribution < -0.4 is 16.5 Å². The summed E-state index contributed by atoms with van der Waals surface area (Å²) >= 11 is 0. The predicted octanol–water partition coefficient (Wildman–Crippen LogP) is 2.99.